The van der Waals surface area contributed by atoms with Crippen LogP contribution in [0.5, 0.6) is 0 Å². The van der Waals surface area contributed by atoms with Gasteiger partial charge in [-0.3, -0.25) is 0 Å². The zero-order valence-electron chi connectivity index (χ0n) is 15.5. The fraction of sp³-hybridized carbons (Fsp3) is 0.500. The van der Waals surface area contributed by atoms with E-state index in [0.717, 1.165) is 6.95 Å². The first kappa shape index (κ1) is 17.8. The molecule has 2 saturated carbocycles. The summed E-state index contributed by atoms with van der Waals surface area (Å²) in [7, 11) is 0. The van der Waals surface area contributed by atoms with E-state index >= 15 is 0 Å². The molecule has 132 valence electrons. The SMILES string of the molecule is c1cc[c]([Pb]([c]2ccccc2)([CH]2CCCCC2)[CH]2CCCCC2)cc1. The maximum absolute atomic E-state index is 2.93. The molecule has 25 heavy (non-hydrogen) atoms. The van der Waals surface area contributed by atoms with Gasteiger partial charge in [-0.1, -0.05) is 0 Å². The summed E-state index contributed by atoms with van der Waals surface area (Å²) in [5.41, 5.74) is 0. The number of benzene rings is 2. The molecule has 0 spiro atoms. The Morgan fingerprint density at radius 2 is 0.840 bits per heavy atom. The predicted octanol–water partition coefficient (Wildman–Crippen LogP) is 5.92. The first-order valence-corrected chi connectivity index (χ1v) is 18.9. The summed E-state index contributed by atoms with van der Waals surface area (Å²) in [4.78, 5) is 0. The molecule has 0 nitrogen and oxygen atoms in total. The molecule has 2 aromatic rings. The van der Waals surface area contributed by atoms with Crippen LogP contribution in [0.25, 0.3) is 0 Å². The zero-order valence-corrected chi connectivity index (χ0v) is 19.4. The van der Waals surface area contributed by atoms with Crippen LogP contribution in [0, 0.1) is 0 Å². The van der Waals surface area contributed by atoms with Crippen molar-refractivity contribution in [2.45, 2.75) is 71.2 Å². The molecule has 0 bridgehead atoms. The van der Waals surface area contributed by atoms with Crippen LogP contribution in [0.1, 0.15) is 64.2 Å². The van der Waals surface area contributed by atoms with Crippen LogP contribution >= 0.6 is 0 Å². The van der Waals surface area contributed by atoms with Crippen molar-refractivity contribution in [3.63, 3.8) is 0 Å². The molecule has 0 amide bonds. The van der Waals surface area contributed by atoms with Crippen molar-refractivity contribution in [2.24, 2.45) is 0 Å². The second-order valence-corrected chi connectivity index (χ2v) is 25.9. The Kier molecular flexibility index (Phi) is 5.95. The summed E-state index contributed by atoms with van der Waals surface area (Å²) in [6.45, 7) is 0. The van der Waals surface area contributed by atoms with E-state index in [-0.39, 0.29) is 0 Å². The van der Waals surface area contributed by atoms with Gasteiger partial charge >= 0.3 is 159 Å². The maximum atomic E-state index is 2.53. The van der Waals surface area contributed by atoms with Gasteiger partial charge in [0.25, 0.3) is 0 Å². The Morgan fingerprint density at radius 1 is 0.480 bits per heavy atom. The van der Waals surface area contributed by atoms with Gasteiger partial charge in [-0.05, 0) is 0 Å². The van der Waals surface area contributed by atoms with Gasteiger partial charge in [-0.2, -0.15) is 0 Å². The molecule has 2 aliphatic rings. The van der Waals surface area contributed by atoms with E-state index in [4.69, 9.17) is 0 Å². The fourth-order valence-corrected chi connectivity index (χ4v) is 33.2. The number of hydrogen-bond donors (Lipinski definition) is 0. The van der Waals surface area contributed by atoms with Crippen molar-refractivity contribution in [2.75, 3.05) is 0 Å². The van der Waals surface area contributed by atoms with E-state index in [1.807, 2.05) is 0 Å². The van der Waals surface area contributed by atoms with Crippen molar-refractivity contribution >= 4 is 27.4 Å². The molecule has 0 atom stereocenters. The fourth-order valence-electron chi connectivity index (χ4n) is 5.99. The number of hydrogen-bond acceptors (Lipinski definition) is 0. The van der Waals surface area contributed by atoms with Gasteiger partial charge in [0.2, 0.25) is 0 Å². The Bertz CT molecular complexity index is 577. The summed E-state index contributed by atoms with van der Waals surface area (Å²) in [5, 5.41) is 0. The summed E-state index contributed by atoms with van der Waals surface area (Å²) in [6.07, 6.45) is 14.8. The van der Waals surface area contributed by atoms with Gasteiger partial charge < -0.3 is 0 Å². The van der Waals surface area contributed by atoms with Crippen LogP contribution in [0.4, 0.5) is 0 Å². The van der Waals surface area contributed by atoms with Gasteiger partial charge in [0, 0.05) is 0 Å². The third-order valence-electron chi connectivity index (χ3n) is 7.00. The van der Waals surface area contributed by atoms with Crippen molar-refractivity contribution in [3.8, 4) is 0 Å². The minimum atomic E-state index is -2.93. The minimum absolute atomic E-state index is 1.02. The molecule has 0 heterocycles. The summed E-state index contributed by atoms with van der Waals surface area (Å²) >= 11 is -2.93. The second kappa shape index (κ2) is 8.37. The molecule has 1 heteroatoms. The van der Waals surface area contributed by atoms with Crippen LogP contribution in [0.15, 0.2) is 60.7 Å². The summed E-state index contributed by atoms with van der Waals surface area (Å²) in [5.74, 6) is 0. The van der Waals surface area contributed by atoms with Crippen LogP contribution in [0.3, 0.4) is 0 Å². The summed E-state index contributed by atoms with van der Waals surface area (Å²) in [6, 6.07) is 23.8. The Morgan fingerprint density at radius 3 is 1.20 bits per heavy atom. The van der Waals surface area contributed by atoms with Crippen molar-refractivity contribution < 1.29 is 0 Å². The van der Waals surface area contributed by atoms with E-state index in [1.54, 1.807) is 6.25 Å². The van der Waals surface area contributed by atoms with E-state index in [0.29, 0.717) is 0 Å². The zero-order chi connectivity index (χ0) is 17.0. The molecule has 2 aromatic carbocycles. The predicted molar refractivity (Wildman–Crippen MR) is 112 cm³/mol. The van der Waals surface area contributed by atoms with Crippen LogP contribution < -0.4 is 6.25 Å². The third kappa shape index (κ3) is 3.48. The molecule has 4 rings (SSSR count). The molecule has 0 unspecified atom stereocenters. The van der Waals surface area contributed by atoms with Gasteiger partial charge in [0.15, 0.2) is 0 Å². The Hall–Kier alpha value is -0.638. The van der Waals surface area contributed by atoms with Gasteiger partial charge in [-0.25, -0.2) is 0 Å². The van der Waals surface area contributed by atoms with Crippen LogP contribution in [-0.4, -0.2) is 21.2 Å². The van der Waals surface area contributed by atoms with Crippen molar-refractivity contribution in [1.82, 2.24) is 0 Å². The average molecular weight is 528 g/mol. The topological polar surface area (TPSA) is 0 Å². The number of rotatable bonds is 4. The molecular formula is C24H32Pb. The van der Waals surface area contributed by atoms with Crippen LogP contribution in [-0.2, 0) is 0 Å². The molecule has 0 aliphatic heterocycles. The standard InChI is InChI=1S/2C6H11.2C6H5.Pb/c4*1-2-4-6-5-3-1;/h2*1H,2-6H2;2*1-5H;. The summed E-state index contributed by atoms with van der Waals surface area (Å²) < 4.78 is 5.66. The van der Waals surface area contributed by atoms with Crippen molar-refractivity contribution in [3.05, 3.63) is 60.7 Å². The third-order valence-corrected chi connectivity index (χ3v) is 31.5. The van der Waals surface area contributed by atoms with E-state index < -0.39 is 21.2 Å². The van der Waals surface area contributed by atoms with Gasteiger partial charge in [0.05, 0.1) is 0 Å². The molecule has 0 saturated heterocycles. The second-order valence-electron chi connectivity index (χ2n) is 8.27. The first-order valence-electron chi connectivity index (χ1n) is 10.5. The Balaban J connectivity index is 1.89. The quantitative estimate of drug-likeness (QED) is 0.433. The molecule has 0 aromatic heterocycles. The average Bonchev–Trinajstić information content (AvgIpc) is 2.72. The van der Waals surface area contributed by atoms with Gasteiger partial charge in [0.1, 0.15) is 0 Å². The first-order chi connectivity index (χ1) is 12.4. The molecule has 0 radical (unpaired) electrons. The Labute approximate surface area is 158 Å². The molecule has 0 N–H and O–H groups in total. The van der Waals surface area contributed by atoms with Gasteiger partial charge in [-0.15, -0.1) is 0 Å². The van der Waals surface area contributed by atoms with Crippen molar-refractivity contribution in [1.29, 1.82) is 0 Å². The molecule has 2 fully saturated rings. The van der Waals surface area contributed by atoms with E-state index in [9.17, 15) is 0 Å². The van der Waals surface area contributed by atoms with E-state index in [2.05, 4.69) is 60.7 Å². The van der Waals surface area contributed by atoms with E-state index in [1.165, 1.54) is 64.2 Å². The molecule has 2 aliphatic carbocycles. The monoisotopic (exact) mass is 528 g/mol. The normalized spacial score (nSPS) is 20.5. The molecular weight excluding hydrogens is 495 g/mol. The van der Waals surface area contributed by atoms with Crippen LogP contribution in [0.2, 0.25) is 6.95 Å².